The van der Waals surface area contributed by atoms with Gasteiger partial charge in [-0.05, 0) is 0 Å². The molecular formula is C10H13BN2O2. The molecule has 1 aliphatic rings. The molecule has 0 bridgehead atoms. The van der Waals surface area contributed by atoms with E-state index in [2.05, 4.69) is 9.88 Å². The number of aromatic amines is 1. The van der Waals surface area contributed by atoms with Gasteiger partial charge in [0.2, 0.25) is 0 Å². The number of nitrogens with one attached hydrogen (secondary N) is 1. The first kappa shape index (κ1) is 10.3. The van der Waals surface area contributed by atoms with Gasteiger partial charge in [-0.15, -0.1) is 0 Å². The standard InChI is InChI=1S/C10H13BN2O2/c1-7-9-4-10(14)12-5-8(9)2-3-13(7)6-11-15/h4-5,7H,2-3,6H2,1H3,(H,12,14). The van der Waals surface area contributed by atoms with Crippen molar-refractivity contribution >= 4 is 7.15 Å². The van der Waals surface area contributed by atoms with Crippen LogP contribution in [0.25, 0.3) is 0 Å². The third kappa shape index (κ3) is 1.92. The summed E-state index contributed by atoms with van der Waals surface area (Å²) in [6, 6.07) is 1.79. The molecule has 0 aliphatic carbocycles. The topological polar surface area (TPSA) is 53.2 Å². The van der Waals surface area contributed by atoms with Crippen LogP contribution in [0.4, 0.5) is 0 Å². The van der Waals surface area contributed by atoms with Gasteiger partial charge in [-0.25, -0.2) is 0 Å². The van der Waals surface area contributed by atoms with E-state index in [0.29, 0.717) is 6.44 Å². The summed E-state index contributed by atoms with van der Waals surface area (Å²) >= 11 is 0. The Kier molecular flexibility index (Phi) is 2.82. The number of hydrogen-bond donors (Lipinski definition) is 1. The van der Waals surface area contributed by atoms with Crippen LogP contribution in [0.15, 0.2) is 17.1 Å². The maximum atomic E-state index is 11.2. The Morgan fingerprint density at radius 1 is 1.67 bits per heavy atom. The minimum absolute atomic E-state index is 0.0754. The van der Waals surface area contributed by atoms with Crippen molar-refractivity contribution in [1.82, 2.24) is 9.88 Å². The second-order valence-electron chi connectivity index (χ2n) is 3.87. The Balaban J connectivity index is 2.35. The van der Waals surface area contributed by atoms with Gasteiger partial charge in [-0.2, -0.15) is 0 Å². The van der Waals surface area contributed by atoms with Crippen molar-refractivity contribution in [3.63, 3.8) is 0 Å². The fraction of sp³-hybridized carbons (Fsp3) is 0.500. The second-order valence-corrected chi connectivity index (χ2v) is 3.87. The van der Waals surface area contributed by atoms with E-state index in [1.807, 2.05) is 6.92 Å². The molecule has 78 valence electrons. The second kappa shape index (κ2) is 4.10. The van der Waals surface area contributed by atoms with Crippen LogP contribution in [0, 0.1) is 0 Å². The number of nitrogens with zero attached hydrogens (tertiary/aromatic N) is 1. The summed E-state index contributed by atoms with van der Waals surface area (Å²) in [6.07, 6.45) is 3.12. The van der Waals surface area contributed by atoms with Crippen molar-refractivity contribution in [3.8, 4) is 0 Å². The number of hydrogen-bond acceptors (Lipinski definition) is 3. The van der Waals surface area contributed by atoms with E-state index in [9.17, 15) is 9.50 Å². The molecule has 0 saturated carbocycles. The van der Waals surface area contributed by atoms with E-state index < -0.39 is 0 Å². The van der Waals surface area contributed by atoms with E-state index in [0.717, 1.165) is 25.7 Å². The van der Waals surface area contributed by atoms with Gasteiger partial charge < -0.3 is 0 Å². The van der Waals surface area contributed by atoms with E-state index in [1.54, 1.807) is 12.3 Å². The van der Waals surface area contributed by atoms with Crippen molar-refractivity contribution < 1.29 is 4.70 Å². The van der Waals surface area contributed by atoms with Crippen LogP contribution in [-0.2, 0) is 11.1 Å². The zero-order valence-corrected chi connectivity index (χ0v) is 8.69. The molecule has 1 atom stereocenters. The fourth-order valence-corrected chi connectivity index (χ4v) is 2.12. The molecule has 0 amide bonds. The van der Waals surface area contributed by atoms with Crippen molar-refractivity contribution in [2.24, 2.45) is 0 Å². The van der Waals surface area contributed by atoms with Crippen LogP contribution < -0.4 is 5.56 Å². The molecule has 1 unspecified atom stereocenters. The van der Waals surface area contributed by atoms with Crippen molar-refractivity contribution in [1.29, 1.82) is 0 Å². The molecule has 1 N–H and O–H groups in total. The number of aromatic nitrogens is 1. The van der Waals surface area contributed by atoms with Gasteiger partial charge in [0.25, 0.3) is 0 Å². The Labute approximate surface area is 88.6 Å². The van der Waals surface area contributed by atoms with Crippen molar-refractivity contribution in [3.05, 3.63) is 33.7 Å². The molecule has 0 aromatic carbocycles. The molecule has 15 heavy (non-hydrogen) atoms. The first-order valence-electron chi connectivity index (χ1n) is 5.11. The van der Waals surface area contributed by atoms with Crippen LogP contribution in [0.1, 0.15) is 24.1 Å². The summed E-state index contributed by atoms with van der Waals surface area (Å²) < 4.78 is 10.5. The third-order valence-electron chi connectivity index (χ3n) is 3.02. The minimum atomic E-state index is -0.0754. The van der Waals surface area contributed by atoms with Crippen LogP contribution in [-0.4, -0.2) is 30.0 Å². The molecule has 1 aromatic rings. The first-order chi connectivity index (χ1) is 7.22. The quantitative estimate of drug-likeness (QED) is 0.705. The summed E-state index contributed by atoms with van der Waals surface area (Å²) in [5.41, 5.74) is 2.16. The zero-order valence-electron chi connectivity index (χ0n) is 8.69. The van der Waals surface area contributed by atoms with E-state index in [-0.39, 0.29) is 11.6 Å². The number of rotatable bonds is 2. The molecule has 5 heteroatoms. The van der Waals surface area contributed by atoms with Crippen LogP contribution in [0.5, 0.6) is 0 Å². The fourth-order valence-electron chi connectivity index (χ4n) is 2.12. The average molecular weight is 204 g/mol. The van der Waals surface area contributed by atoms with Gasteiger partial charge in [0.15, 0.2) is 0 Å². The summed E-state index contributed by atoms with van der Waals surface area (Å²) in [6.45, 7) is 2.90. The SMILES string of the molecule is CC1c2cc(=O)[nH]cc2CCN1CB=O. The van der Waals surface area contributed by atoms with Gasteiger partial charge in [0.1, 0.15) is 0 Å². The predicted octanol–water partition coefficient (Wildman–Crippen LogP) is 0.301. The monoisotopic (exact) mass is 204 g/mol. The molecule has 2 heterocycles. The van der Waals surface area contributed by atoms with Gasteiger partial charge in [0, 0.05) is 0 Å². The predicted molar refractivity (Wildman–Crippen MR) is 57.2 cm³/mol. The van der Waals surface area contributed by atoms with Gasteiger partial charge in [-0.1, -0.05) is 0 Å². The molecule has 0 fully saturated rings. The molecule has 2 rings (SSSR count). The van der Waals surface area contributed by atoms with Gasteiger partial charge in [-0.3, -0.25) is 0 Å². The molecule has 1 aliphatic heterocycles. The van der Waals surface area contributed by atoms with Gasteiger partial charge >= 0.3 is 87.9 Å². The van der Waals surface area contributed by atoms with Gasteiger partial charge in [0.05, 0.1) is 0 Å². The molecule has 0 spiro atoms. The summed E-state index contributed by atoms with van der Waals surface area (Å²) in [4.78, 5) is 16.0. The number of pyridine rings is 1. The Morgan fingerprint density at radius 3 is 3.20 bits per heavy atom. The summed E-state index contributed by atoms with van der Waals surface area (Å²) in [5.74, 6) is 0. The van der Waals surface area contributed by atoms with Crippen molar-refractivity contribution in [2.75, 3.05) is 13.0 Å². The average Bonchev–Trinajstić information content (AvgIpc) is 2.23. The van der Waals surface area contributed by atoms with Crippen LogP contribution in [0.3, 0.4) is 0 Å². The molecule has 1 aromatic heterocycles. The first-order valence-corrected chi connectivity index (χ1v) is 5.11. The van der Waals surface area contributed by atoms with Crippen LogP contribution >= 0.6 is 0 Å². The van der Waals surface area contributed by atoms with E-state index >= 15 is 0 Å². The molecule has 4 nitrogen and oxygen atoms in total. The van der Waals surface area contributed by atoms with Crippen LogP contribution in [0.2, 0.25) is 0 Å². The number of H-pyrrole nitrogens is 1. The summed E-state index contributed by atoms with van der Waals surface area (Å²) in [5, 5.41) is 0. The normalized spacial score (nSPS) is 20.7. The zero-order chi connectivity index (χ0) is 10.8. The molecular weight excluding hydrogens is 191 g/mol. The van der Waals surface area contributed by atoms with E-state index in [1.165, 1.54) is 5.56 Å². The molecule has 0 saturated heterocycles. The van der Waals surface area contributed by atoms with E-state index in [4.69, 9.17) is 0 Å². The summed E-state index contributed by atoms with van der Waals surface area (Å²) in [7, 11) is 0.911. The maximum absolute atomic E-state index is 11.2. The Bertz CT molecular complexity index is 430. The Morgan fingerprint density at radius 2 is 2.47 bits per heavy atom. The Hall–Kier alpha value is -1.23. The molecule has 0 radical (unpaired) electrons. The number of fused-ring (bicyclic) bond motifs is 1. The van der Waals surface area contributed by atoms with Crippen molar-refractivity contribution in [2.45, 2.75) is 19.4 Å². The third-order valence-corrected chi connectivity index (χ3v) is 3.02.